The lowest BCUT2D eigenvalue weighted by Gasteiger charge is -2.12. The molecule has 1 aromatic rings. The van der Waals surface area contributed by atoms with Crippen LogP contribution in [0.15, 0.2) is 27.6 Å². The Balaban J connectivity index is 2.16. The summed E-state index contributed by atoms with van der Waals surface area (Å²) in [6.45, 7) is -0.158. The normalized spacial score (nSPS) is 22.0. The summed E-state index contributed by atoms with van der Waals surface area (Å²) in [5, 5.41) is -0.684. The van der Waals surface area contributed by atoms with Gasteiger partial charge in [-0.15, -0.1) is 0 Å². The second-order valence-corrected chi connectivity index (χ2v) is 9.55. The van der Waals surface area contributed by atoms with Crippen molar-refractivity contribution < 1.29 is 21.2 Å². The molecule has 9 heteroatoms. The first kappa shape index (κ1) is 15.9. The van der Waals surface area contributed by atoms with Crippen molar-refractivity contribution in [2.75, 3.05) is 12.3 Å². The topological polar surface area (TPSA) is 80.3 Å². The first-order valence-electron chi connectivity index (χ1n) is 5.89. The number of sulfonamides is 1. The third-order valence-corrected chi connectivity index (χ3v) is 7.82. The maximum absolute atomic E-state index is 12.9. The molecule has 1 aliphatic heterocycles. The van der Waals surface area contributed by atoms with Gasteiger partial charge in [0.05, 0.1) is 15.9 Å². The summed E-state index contributed by atoms with van der Waals surface area (Å²) in [5.74, 6) is -0.464. The third-order valence-electron chi connectivity index (χ3n) is 3.15. The molecule has 0 saturated carbocycles. The zero-order chi connectivity index (χ0) is 15.0. The highest BCUT2D eigenvalue weighted by Gasteiger charge is 2.32. The molecule has 0 aromatic heterocycles. The van der Waals surface area contributed by atoms with Gasteiger partial charge in [-0.3, -0.25) is 0 Å². The molecular formula is C11H13BrFNO4S2. The maximum atomic E-state index is 12.9. The van der Waals surface area contributed by atoms with Crippen LogP contribution in [-0.4, -0.2) is 34.4 Å². The summed E-state index contributed by atoms with van der Waals surface area (Å²) in [6.07, 6.45) is 1.00. The first-order valence-corrected chi connectivity index (χ1v) is 9.88. The summed E-state index contributed by atoms with van der Waals surface area (Å²) < 4.78 is 62.7. The largest absolute Gasteiger partial charge is 0.241 e. The molecule has 20 heavy (non-hydrogen) atoms. The predicted molar refractivity (Wildman–Crippen MR) is 76.1 cm³/mol. The Bertz CT molecular complexity index is 718. The Morgan fingerprint density at radius 3 is 2.65 bits per heavy atom. The number of sulfone groups is 1. The lowest BCUT2D eigenvalue weighted by Crippen LogP contribution is -2.34. The van der Waals surface area contributed by atoms with Crippen LogP contribution in [0.25, 0.3) is 0 Å². The average Bonchev–Trinajstić information content (AvgIpc) is 2.65. The van der Waals surface area contributed by atoms with Gasteiger partial charge in [-0.05, 0) is 47.0 Å². The molecule has 2 rings (SSSR count). The van der Waals surface area contributed by atoms with E-state index in [9.17, 15) is 21.2 Å². The Morgan fingerprint density at radius 1 is 1.40 bits per heavy atom. The Hall–Kier alpha value is -0.510. The van der Waals surface area contributed by atoms with Crippen LogP contribution in [0.1, 0.15) is 12.8 Å². The van der Waals surface area contributed by atoms with Gasteiger partial charge in [-0.1, -0.05) is 0 Å². The molecule has 112 valence electrons. The fraction of sp³-hybridized carbons (Fsp3) is 0.455. The van der Waals surface area contributed by atoms with Crippen LogP contribution in [0.3, 0.4) is 0 Å². The van der Waals surface area contributed by atoms with Crippen molar-refractivity contribution in [3.63, 3.8) is 0 Å². The van der Waals surface area contributed by atoms with E-state index < -0.39 is 30.9 Å². The second-order valence-electron chi connectivity index (χ2n) is 4.56. The van der Waals surface area contributed by atoms with Gasteiger partial charge in [0.25, 0.3) is 0 Å². The molecule has 1 unspecified atom stereocenters. The highest BCUT2D eigenvalue weighted by atomic mass is 79.9. The van der Waals surface area contributed by atoms with E-state index in [2.05, 4.69) is 20.7 Å². The number of hydrogen-bond acceptors (Lipinski definition) is 4. The van der Waals surface area contributed by atoms with Gasteiger partial charge < -0.3 is 0 Å². The van der Waals surface area contributed by atoms with E-state index >= 15 is 0 Å². The quantitative estimate of drug-likeness (QED) is 0.850. The molecular weight excluding hydrogens is 373 g/mol. The summed E-state index contributed by atoms with van der Waals surface area (Å²) in [4.78, 5) is -0.116. The summed E-state index contributed by atoms with van der Waals surface area (Å²) in [6, 6.07) is 3.21. The van der Waals surface area contributed by atoms with Gasteiger partial charge in [0, 0.05) is 11.0 Å². The minimum atomic E-state index is -3.87. The van der Waals surface area contributed by atoms with E-state index in [1.807, 2.05) is 0 Å². The highest BCUT2D eigenvalue weighted by molar-refractivity contribution is 9.10. The zero-order valence-electron chi connectivity index (χ0n) is 10.3. The Labute approximate surface area is 125 Å². The van der Waals surface area contributed by atoms with Crippen LogP contribution in [0.2, 0.25) is 0 Å². The van der Waals surface area contributed by atoms with Crippen molar-refractivity contribution in [1.29, 1.82) is 0 Å². The monoisotopic (exact) mass is 385 g/mol. The molecule has 1 atom stereocenters. The van der Waals surface area contributed by atoms with Gasteiger partial charge in [0.2, 0.25) is 10.0 Å². The molecule has 1 fully saturated rings. The van der Waals surface area contributed by atoms with Crippen molar-refractivity contribution in [3.8, 4) is 0 Å². The molecule has 0 aliphatic carbocycles. The average molecular weight is 386 g/mol. The minimum Gasteiger partial charge on any atom is -0.229 e. The van der Waals surface area contributed by atoms with Crippen molar-refractivity contribution in [1.82, 2.24) is 4.72 Å². The highest BCUT2D eigenvalue weighted by Crippen LogP contribution is 2.24. The molecule has 1 aliphatic rings. The van der Waals surface area contributed by atoms with E-state index in [0.717, 1.165) is 18.2 Å². The number of benzene rings is 1. The van der Waals surface area contributed by atoms with Crippen LogP contribution in [0, 0.1) is 5.82 Å². The lowest BCUT2D eigenvalue weighted by atomic mass is 10.2. The standard InChI is InChI=1S/C11H13BrFNO4S2/c12-10-6-8(13)3-4-11(10)20(17,18)14-7-9-2-1-5-19(9,15)16/h3-4,6,9,14H,1-2,5,7H2. The summed E-state index contributed by atoms with van der Waals surface area (Å²) >= 11 is 2.98. The van der Waals surface area contributed by atoms with Crippen LogP contribution in [0.5, 0.6) is 0 Å². The fourth-order valence-electron chi connectivity index (χ4n) is 2.06. The van der Waals surface area contributed by atoms with E-state index in [1.54, 1.807) is 0 Å². The number of halogens is 2. The molecule has 5 nitrogen and oxygen atoms in total. The van der Waals surface area contributed by atoms with Gasteiger partial charge in [0.15, 0.2) is 9.84 Å². The number of nitrogens with one attached hydrogen (secondary N) is 1. The van der Waals surface area contributed by atoms with Crippen molar-refractivity contribution in [3.05, 3.63) is 28.5 Å². The molecule has 0 bridgehead atoms. The molecule has 1 heterocycles. The molecule has 1 N–H and O–H groups in total. The van der Waals surface area contributed by atoms with E-state index in [1.165, 1.54) is 0 Å². The van der Waals surface area contributed by atoms with Gasteiger partial charge in [-0.2, -0.15) is 0 Å². The van der Waals surface area contributed by atoms with E-state index in [4.69, 9.17) is 0 Å². The fourth-order valence-corrected chi connectivity index (χ4v) is 6.06. The summed E-state index contributed by atoms with van der Waals surface area (Å²) in [7, 11) is -7.08. The van der Waals surface area contributed by atoms with Crippen LogP contribution in [-0.2, 0) is 19.9 Å². The first-order chi connectivity index (χ1) is 9.22. The van der Waals surface area contributed by atoms with E-state index in [0.29, 0.717) is 12.8 Å². The predicted octanol–water partition coefficient (Wildman–Crippen LogP) is 1.44. The Kier molecular flexibility index (Phi) is 4.53. The van der Waals surface area contributed by atoms with Gasteiger partial charge >= 0.3 is 0 Å². The van der Waals surface area contributed by atoms with E-state index in [-0.39, 0.29) is 21.7 Å². The molecule has 1 saturated heterocycles. The van der Waals surface area contributed by atoms with Crippen molar-refractivity contribution in [2.45, 2.75) is 23.0 Å². The second kappa shape index (κ2) is 5.70. The smallest absolute Gasteiger partial charge is 0.229 e. The number of rotatable bonds is 4. The number of hydrogen-bond donors (Lipinski definition) is 1. The van der Waals surface area contributed by atoms with Crippen LogP contribution in [0.4, 0.5) is 4.39 Å². The van der Waals surface area contributed by atoms with Crippen molar-refractivity contribution in [2.24, 2.45) is 0 Å². The third kappa shape index (κ3) is 3.38. The lowest BCUT2D eigenvalue weighted by molar-refractivity contribution is 0.570. The maximum Gasteiger partial charge on any atom is 0.241 e. The minimum absolute atomic E-state index is 0.0966. The molecule has 0 spiro atoms. The summed E-state index contributed by atoms with van der Waals surface area (Å²) in [5.41, 5.74) is 0. The zero-order valence-corrected chi connectivity index (χ0v) is 13.6. The van der Waals surface area contributed by atoms with Crippen molar-refractivity contribution >= 4 is 35.8 Å². The molecule has 1 aromatic carbocycles. The molecule has 0 radical (unpaired) electrons. The van der Waals surface area contributed by atoms with Gasteiger partial charge in [-0.25, -0.2) is 25.9 Å². The Morgan fingerprint density at radius 2 is 2.10 bits per heavy atom. The molecule has 0 amide bonds. The SMILES string of the molecule is O=S(=O)(NCC1CCCS1(=O)=O)c1ccc(F)cc1Br. The van der Waals surface area contributed by atoms with Gasteiger partial charge in [0.1, 0.15) is 5.82 Å². The van der Waals surface area contributed by atoms with Crippen LogP contribution >= 0.6 is 15.9 Å². The van der Waals surface area contributed by atoms with Crippen LogP contribution < -0.4 is 4.72 Å².